The van der Waals surface area contributed by atoms with Gasteiger partial charge in [-0.2, -0.15) is 5.10 Å². The summed E-state index contributed by atoms with van der Waals surface area (Å²) in [5, 5.41) is 10.0. The van der Waals surface area contributed by atoms with Gasteiger partial charge in [-0.05, 0) is 30.7 Å². The minimum absolute atomic E-state index is 0.142. The molecule has 1 aliphatic heterocycles. The number of aromatic nitrogens is 2. The van der Waals surface area contributed by atoms with Gasteiger partial charge in [-0.1, -0.05) is 78.9 Å². The Morgan fingerprint density at radius 3 is 2.18 bits per heavy atom. The summed E-state index contributed by atoms with van der Waals surface area (Å²) in [6, 6.07) is 28.1. The fraction of sp³-hybridized carbons (Fsp3) is 0.133. The molecule has 0 unspecified atom stereocenters. The number of nitrogens with zero attached hydrogens (tertiary/aromatic N) is 2. The Hall–Kier alpha value is -5.18. The Bertz CT molecular complexity index is 1510. The van der Waals surface area contributed by atoms with E-state index in [-0.39, 0.29) is 30.2 Å². The monoisotopic (exact) mass is 522 g/mol. The van der Waals surface area contributed by atoms with E-state index in [4.69, 9.17) is 9.47 Å². The van der Waals surface area contributed by atoms with Crippen molar-refractivity contribution in [3.63, 3.8) is 0 Å². The summed E-state index contributed by atoms with van der Waals surface area (Å²) in [4.78, 5) is 38.9. The molecule has 1 aliphatic rings. The van der Waals surface area contributed by atoms with Crippen molar-refractivity contribution in [1.29, 1.82) is 0 Å². The van der Waals surface area contributed by atoms with Crippen molar-refractivity contribution in [1.82, 2.24) is 20.4 Å². The maximum Gasteiger partial charge on any atom is 0.357 e. The molecule has 0 spiro atoms. The van der Waals surface area contributed by atoms with Gasteiger partial charge in [-0.15, -0.1) is 0 Å². The minimum Gasteiger partial charge on any atom is -0.463 e. The maximum atomic E-state index is 13.4. The molecule has 39 heavy (non-hydrogen) atoms. The largest absolute Gasteiger partial charge is 0.463 e. The Kier molecular flexibility index (Phi) is 7.49. The van der Waals surface area contributed by atoms with Gasteiger partial charge in [-0.3, -0.25) is 0 Å². The van der Waals surface area contributed by atoms with Crippen LogP contribution in [-0.4, -0.2) is 41.0 Å². The molecule has 3 aromatic carbocycles. The highest BCUT2D eigenvalue weighted by atomic mass is 16.5. The van der Waals surface area contributed by atoms with E-state index in [1.165, 1.54) is 4.68 Å². The molecule has 1 aromatic heterocycles. The zero-order chi connectivity index (χ0) is 27.2. The van der Waals surface area contributed by atoms with Crippen LogP contribution in [0.15, 0.2) is 108 Å². The predicted octanol–water partition coefficient (Wildman–Crippen LogP) is 4.57. The van der Waals surface area contributed by atoms with Crippen molar-refractivity contribution in [3.8, 4) is 16.9 Å². The molecule has 5 rings (SSSR count). The molecule has 1 atom stereocenters. The molecule has 0 aliphatic carbocycles. The molecule has 0 radical (unpaired) electrons. The zero-order valence-corrected chi connectivity index (χ0v) is 21.2. The molecule has 2 N–H and O–H groups in total. The summed E-state index contributed by atoms with van der Waals surface area (Å²) in [5.41, 5.74) is 3.30. The summed E-state index contributed by atoms with van der Waals surface area (Å²) in [5.74, 6) is -1.29. The lowest BCUT2D eigenvalue weighted by Gasteiger charge is -2.29. The van der Waals surface area contributed by atoms with Crippen LogP contribution in [0.3, 0.4) is 0 Å². The van der Waals surface area contributed by atoms with Crippen molar-refractivity contribution in [2.45, 2.75) is 13.0 Å². The molecule has 0 bridgehead atoms. The van der Waals surface area contributed by atoms with Gasteiger partial charge in [0.2, 0.25) is 0 Å². The molecule has 9 nitrogen and oxygen atoms in total. The van der Waals surface area contributed by atoms with Crippen LogP contribution in [0.25, 0.3) is 16.9 Å². The van der Waals surface area contributed by atoms with Gasteiger partial charge >= 0.3 is 18.0 Å². The lowest BCUT2D eigenvalue weighted by Crippen LogP contribution is -2.47. The van der Waals surface area contributed by atoms with E-state index in [0.717, 1.165) is 5.56 Å². The second-order valence-electron chi connectivity index (χ2n) is 8.66. The van der Waals surface area contributed by atoms with E-state index >= 15 is 0 Å². The first-order chi connectivity index (χ1) is 19.0. The highest BCUT2D eigenvalue weighted by Gasteiger charge is 2.34. The number of carbonyl (C=O) groups excluding carboxylic acids is 3. The van der Waals surface area contributed by atoms with Crippen LogP contribution in [-0.2, 0) is 14.3 Å². The number of para-hydroxylation sites is 1. The first-order valence-electron chi connectivity index (χ1n) is 12.5. The van der Waals surface area contributed by atoms with Crippen molar-refractivity contribution in [3.05, 3.63) is 120 Å². The topological polar surface area (TPSA) is 112 Å². The second-order valence-corrected chi connectivity index (χ2v) is 8.66. The van der Waals surface area contributed by atoms with Crippen LogP contribution >= 0.6 is 0 Å². The van der Waals surface area contributed by atoms with Crippen molar-refractivity contribution < 1.29 is 23.9 Å². The lowest BCUT2D eigenvalue weighted by molar-refractivity contribution is -0.139. The third-order valence-corrected chi connectivity index (χ3v) is 6.12. The van der Waals surface area contributed by atoms with E-state index in [1.807, 2.05) is 66.7 Å². The van der Waals surface area contributed by atoms with E-state index < -0.39 is 24.0 Å². The van der Waals surface area contributed by atoms with E-state index in [1.54, 1.807) is 37.3 Å². The van der Waals surface area contributed by atoms with Gasteiger partial charge in [0.15, 0.2) is 5.69 Å². The van der Waals surface area contributed by atoms with Gasteiger partial charge < -0.3 is 20.1 Å². The number of amides is 2. The number of hydrogen-bond donors (Lipinski definition) is 2. The number of benzene rings is 3. The van der Waals surface area contributed by atoms with Crippen LogP contribution in [0.5, 0.6) is 0 Å². The smallest absolute Gasteiger partial charge is 0.357 e. The number of rotatable bonds is 8. The fourth-order valence-corrected chi connectivity index (χ4v) is 4.33. The average molecular weight is 523 g/mol. The number of hydrogen-bond acceptors (Lipinski definition) is 6. The highest BCUT2D eigenvalue weighted by molar-refractivity contribution is 5.95. The maximum absolute atomic E-state index is 13.4. The van der Waals surface area contributed by atoms with E-state index in [2.05, 4.69) is 15.7 Å². The summed E-state index contributed by atoms with van der Waals surface area (Å²) < 4.78 is 12.5. The summed E-state index contributed by atoms with van der Waals surface area (Å²) in [6.45, 7) is 1.48. The highest BCUT2D eigenvalue weighted by Crippen LogP contribution is 2.28. The van der Waals surface area contributed by atoms with Gasteiger partial charge in [0.1, 0.15) is 6.61 Å². The number of carbonyl (C=O) groups is 3. The number of urea groups is 1. The molecule has 0 fully saturated rings. The van der Waals surface area contributed by atoms with Crippen molar-refractivity contribution >= 4 is 18.0 Å². The van der Waals surface area contributed by atoms with Crippen LogP contribution in [0.4, 0.5) is 4.79 Å². The third kappa shape index (κ3) is 5.57. The lowest BCUT2D eigenvalue weighted by atomic mass is 9.95. The summed E-state index contributed by atoms with van der Waals surface area (Å²) in [7, 11) is 0. The molecule has 0 saturated carbocycles. The predicted molar refractivity (Wildman–Crippen MR) is 144 cm³/mol. The normalized spacial score (nSPS) is 14.8. The average Bonchev–Trinajstić information content (AvgIpc) is 3.43. The molecule has 2 heterocycles. The molecular formula is C30H26N4O5. The molecular weight excluding hydrogens is 496 g/mol. The Morgan fingerprint density at radius 1 is 0.872 bits per heavy atom. The van der Waals surface area contributed by atoms with Gasteiger partial charge in [0.25, 0.3) is 0 Å². The minimum atomic E-state index is -0.771. The number of esters is 2. The Balaban J connectivity index is 1.48. The quantitative estimate of drug-likeness (QED) is 0.328. The van der Waals surface area contributed by atoms with Crippen LogP contribution in [0.2, 0.25) is 0 Å². The van der Waals surface area contributed by atoms with Crippen LogP contribution < -0.4 is 10.6 Å². The molecule has 0 saturated heterocycles. The van der Waals surface area contributed by atoms with Gasteiger partial charge in [0, 0.05) is 5.56 Å². The van der Waals surface area contributed by atoms with E-state index in [9.17, 15) is 14.4 Å². The third-order valence-electron chi connectivity index (χ3n) is 6.12. The van der Waals surface area contributed by atoms with Crippen LogP contribution in [0, 0.1) is 0 Å². The second kappa shape index (κ2) is 11.5. The SMILES string of the molecule is CCOC(=O)C1=C(COC(=O)c2cc(-c3ccccc3)nn2-c2ccccc2)NC(=O)N[C@H]1c1ccccc1. The van der Waals surface area contributed by atoms with Gasteiger partial charge in [0.05, 0.1) is 35.3 Å². The molecule has 2 amide bonds. The number of ether oxygens (including phenoxy) is 2. The molecule has 196 valence electrons. The summed E-state index contributed by atoms with van der Waals surface area (Å²) in [6.07, 6.45) is 0. The van der Waals surface area contributed by atoms with Crippen molar-refractivity contribution in [2.75, 3.05) is 13.2 Å². The standard InChI is InChI=1S/C30H26N4O5/c1-2-38-29(36)26-24(31-30(37)32-27(26)21-14-8-4-9-15-21)19-39-28(35)25-18-23(20-12-6-3-7-13-20)33-34(25)22-16-10-5-11-17-22/h3-18,27H,2,19H2,1H3,(H2,31,32,37)/t27-/m0/s1. The zero-order valence-electron chi connectivity index (χ0n) is 21.2. The fourth-order valence-electron chi connectivity index (χ4n) is 4.33. The van der Waals surface area contributed by atoms with Crippen molar-refractivity contribution in [2.24, 2.45) is 0 Å². The van der Waals surface area contributed by atoms with E-state index in [0.29, 0.717) is 16.9 Å². The number of nitrogens with one attached hydrogen (secondary N) is 2. The van der Waals surface area contributed by atoms with Crippen LogP contribution in [0.1, 0.15) is 29.0 Å². The summed E-state index contributed by atoms with van der Waals surface area (Å²) >= 11 is 0. The Morgan fingerprint density at radius 2 is 1.51 bits per heavy atom. The first-order valence-corrected chi connectivity index (χ1v) is 12.5. The Labute approximate surface area is 225 Å². The molecule has 9 heteroatoms. The van der Waals surface area contributed by atoms with Gasteiger partial charge in [-0.25, -0.2) is 19.1 Å². The molecule has 4 aromatic rings. The first kappa shape index (κ1) is 25.5.